The van der Waals surface area contributed by atoms with E-state index in [4.69, 9.17) is 0 Å². The van der Waals surface area contributed by atoms with E-state index in [1.807, 2.05) is 6.20 Å². The number of rotatable bonds is 5. The molecule has 0 aromatic carbocycles. The van der Waals surface area contributed by atoms with Crippen LogP contribution >= 0.6 is 0 Å². The van der Waals surface area contributed by atoms with Crippen molar-refractivity contribution in [3.63, 3.8) is 0 Å². The minimum atomic E-state index is -0.371. The van der Waals surface area contributed by atoms with Gasteiger partial charge in [0.1, 0.15) is 0 Å². The van der Waals surface area contributed by atoms with Gasteiger partial charge in [-0.05, 0) is 49.3 Å². The van der Waals surface area contributed by atoms with Crippen LogP contribution in [0.4, 0.5) is 10.5 Å². The van der Waals surface area contributed by atoms with E-state index in [1.165, 1.54) is 37.8 Å². The molecular weight excluding hydrogens is 416 g/mol. The van der Waals surface area contributed by atoms with Crippen molar-refractivity contribution < 1.29 is 9.59 Å². The Balaban J connectivity index is 1.22. The average molecular weight is 453 g/mol. The summed E-state index contributed by atoms with van der Waals surface area (Å²) >= 11 is 0. The summed E-state index contributed by atoms with van der Waals surface area (Å²) in [6, 6.07) is 4.45. The molecule has 3 fully saturated rings. The molecule has 4 heterocycles. The second-order valence-electron chi connectivity index (χ2n) is 10.4. The van der Waals surface area contributed by atoms with Gasteiger partial charge in [-0.15, -0.1) is 0 Å². The molecule has 8 nitrogen and oxygen atoms in total. The van der Waals surface area contributed by atoms with Crippen LogP contribution in [0, 0.1) is 11.8 Å². The van der Waals surface area contributed by atoms with E-state index in [9.17, 15) is 9.59 Å². The Morgan fingerprint density at radius 3 is 2.67 bits per heavy atom. The predicted molar refractivity (Wildman–Crippen MR) is 128 cm³/mol. The maximum Gasteiger partial charge on any atom is 0.328 e. The summed E-state index contributed by atoms with van der Waals surface area (Å²) in [5.41, 5.74) is 2.87. The van der Waals surface area contributed by atoms with Gasteiger partial charge >= 0.3 is 6.03 Å². The van der Waals surface area contributed by atoms with E-state index in [2.05, 4.69) is 46.2 Å². The lowest BCUT2D eigenvalue weighted by Gasteiger charge is -2.42. The first-order valence-corrected chi connectivity index (χ1v) is 12.5. The summed E-state index contributed by atoms with van der Waals surface area (Å²) in [5.74, 6) is 1.57. The number of nitrogens with one attached hydrogen (secondary N) is 1. The summed E-state index contributed by atoms with van der Waals surface area (Å²) < 4.78 is 1.80. The first-order chi connectivity index (χ1) is 16.0. The van der Waals surface area contributed by atoms with Crippen LogP contribution in [0.3, 0.4) is 0 Å². The number of fused-ring (bicyclic) bond motifs is 1. The molecular formula is C25H36N6O2. The van der Waals surface area contributed by atoms with E-state index < -0.39 is 0 Å². The van der Waals surface area contributed by atoms with Crippen LogP contribution in [0.15, 0.2) is 24.5 Å². The Kier molecular flexibility index (Phi) is 6.38. The van der Waals surface area contributed by atoms with Crippen LogP contribution in [0.25, 0.3) is 5.52 Å². The van der Waals surface area contributed by atoms with Crippen molar-refractivity contribution in [2.45, 2.75) is 58.5 Å². The third-order valence-corrected chi connectivity index (χ3v) is 7.79. The topological polar surface area (TPSA) is 73.2 Å². The number of pyridine rings is 1. The fourth-order valence-electron chi connectivity index (χ4n) is 5.70. The molecule has 0 bridgehead atoms. The zero-order valence-corrected chi connectivity index (χ0v) is 19.9. The van der Waals surface area contributed by atoms with Crippen molar-refractivity contribution in [2.24, 2.45) is 11.8 Å². The highest BCUT2D eigenvalue weighted by molar-refractivity contribution is 6.07. The van der Waals surface area contributed by atoms with Crippen LogP contribution < -0.4 is 10.2 Å². The molecule has 2 saturated heterocycles. The number of amides is 3. The molecule has 3 aliphatic rings. The number of carbonyl (C=O) groups is 2. The number of aromatic nitrogens is 2. The van der Waals surface area contributed by atoms with Crippen LogP contribution in [-0.4, -0.2) is 70.1 Å². The zero-order valence-electron chi connectivity index (χ0n) is 19.9. The second-order valence-corrected chi connectivity index (χ2v) is 10.4. The Hall–Kier alpha value is -2.45. The normalized spacial score (nSPS) is 27.8. The highest BCUT2D eigenvalue weighted by Gasteiger charge is 2.29. The summed E-state index contributed by atoms with van der Waals surface area (Å²) in [6.45, 7) is 10.6. The molecule has 1 N–H and O–H groups in total. The first kappa shape index (κ1) is 22.3. The number of nitrogens with zero attached hydrogens (tertiary/aromatic N) is 5. The van der Waals surface area contributed by atoms with E-state index in [1.54, 1.807) is 15.6 Å². The number of carbonyl (C=O) groups excluding carboxylic acids is 2. The van der Waals surface area contributed by atoms with Gasteiger partial charge < -0.3 is 0 Å². The lowest BCUT2D eigenvalue weighted by molar-refractivity contribution is -0.120. The molecule has 3 amide bonds. The minimum absolute atomic E-state index is 0.222. The smallest absolute Gasteiger partial charge is 0.298 e. The quantitative estimate of drug-likeness (QED) is 0.755. The Bertz CT molecular complexity index is 1010. The van der Waals surface area contributed by atoms with Crippen LogP contribution in [0.2, 0.25) is 0 Å². The molecule has 2 aromatic heterocycles. The third-order valence-electron chi connectivity index (χ3n) is 7.79. The Morgan fingerprint density at radius 1 is 1.09 bits per heavy atom. The van der Waals surface area contributed by atoms with Crippen molar-refractivity contribution in [1.82, 2.24) is 24.7 Å². The van der Waals surface area contributed by atoms with Crippen molar-refractivity contribution in [3.8, 4) is 0 Å². The molecule has 0 spiro atoms. The van der Waals surface area contributed by atoms with Crippen LogP contribution in [-0.2, 0) is 11.3 Å². The number of hydrogen-bond donors (Lipinski definition) is 1. The molecule has 8 heteroatoms. The molecule has 0 unspecified atom stereocenters. The van der Waals surface area contributed by atoms with E-state index in [0.717, 1.165) is 49.2 Å². The van der Waals surface area contributed by atoms with E-state index in [-0.39, 0.29) is 11.9 Å². The average Bonchev–Trinajstić information content (AvgIpc) is 3.20. The fraction of sp³-hybridized carbons (Fsp3) is 0.640. The van der Waals surface area contributed by atoms with Gasteiger partial charge in [0, 0.05) is 57.9 Å². The number of hydrogen-bond acceptors (Lipinski definition) is 5. The molecule has 0 radical (unpaired) electrons. The SMILES string of the molecule is CC1CCC(CN2CCN(Cc3ccn4ncc(N5CCC(=O)NC5=O)c4c3)C[C@@H]2C)CC1. The van der Waals surface area contributed by atoms with Gasteiger partial charge in [-0.2, -0.15) is 5.10 Å². The van der Waals surface area contributed by atoms with Gasteiger partial charge in [0.2, 0.25) is 5.91 Å². The van der Waals surface area contributed by atoms with E-state index >= 15 is 0 Å². The summed E-state index contributed by atoms with van der Waals surface area (Å²) in [7, 11) is 0. The van der Waals surface area contributed by atoms with Crippen molar-refractivity contribution in [2.75, 3.05) is 37.6 Å². The number of urea groups is 1. The largest absolute Gasteiger partial charge is 0.328 e. The van der Waals surface area contributed by atoms with Crippen LogP contribution in [0.1, 0.15) is 51.5 Å². The van der Waals surface area contributed by atoms with Crippen molar-refractivity contribution >= 4 is 23.1 Å². The molecule has 33 heavy (non-hydrogen) atoms. The van der Waals surface area contributed by atoms with E-state index in [0.29, 0.717) is 19.0 Å². The van der Waals surface area contributed by atoms with Gasteiger partial charge in [-0.3, -0.25) is 24.8 Å². The van der Waals surface area contributed by atoms with Crippen molar-refractivity contribution in [1.29, 1.82) is 0 Å². The molecule has 1 atom stereocenters. The Labute approximate surface area is 195 Å². The molecule has 1 aliphatic carbocycles. The molecule has 2 aromatic rings. The molecule has 2 aliphatic heterocycles. The van der Waals surface area contributed by atoms with Crippen molar-refractivity contribution in [3.05, 3.63) is 30.1 Å². The first-order valence-electron chi connectivity index (χ1n) is 12.5. The fourth-order valence-corrected chi connectivity index (χ4v) is 5.70. The Morgan fingerprint density at radius 2 is 1.91 bits per heavy atom. The highest BCUT2D eigenvalue weighted by atomic mass is 16.2. The maximum absolute atomic E-state index is 12.3. The summed E-state index contributed by atoms with van der Waals surface area (Å²) in [4.78, 5) is 30.7. The van der Waals surface area contributed by atoms with Crippen LogP contribution in [0.5, 0.6) is 0 Å². The number of piperazine rings is 1. The number of anilines is 1. The van der Waals surface area contributed by atoms with Gasteiger partial charge in [0.05, 0.1) is 17.4 Å². The molecule has 1 saturated carbocycles. The molecule has 178 valence electrons. The standard InChI is InChI=1S/C25H36N6O2/c1-18-3-5-20(6-4-18)17-29-12-11-28(15-19(29)2)16-21-7-10-31-22(13-21)23(14-26-31)30-9-8-24(32)27-25(30)33/h7,10,13-14,18-20H,3-6,8-9,11-12,15-17H2,1-2H3,(H,27,32,33)/t18?,19-,20?/m0/s1. The summed E-state index contributed by atoms with van der Waals surface area (Å²) in [5, 5.41) is 6.81. The van der Waals surface area contributed by atoms with Gasteiger partial charge in [-0.25, -0.2) is 9.31 Å². The minimum Gasteiger partial charge on any atom is -0.298 e. The highest BCUT2D eigenvalue weighted by Crippen LogP contribution is 2.30. The lowest BCUT2D eigenvalue weighted by atomic mass is 9.82. The second kappa shape index (κ2) is 9.43. The number of imide groups is 1. The predicted octanol–water partition coefficient (Wildman–Crippen LogP) is 3.11. The van der Waals surface area contributed by atoms with Gasteiger partial charge in [0.25, 0.3) is 0 Å². The molecule has 5 rings (SSSR count). The summed E-state index contributed by atoms with van der Waals surface area (Å²) in [6.07, 6.45) is 9.56. The lowest BCUT2D eigenvalue weighted by Crippen LogP contribution is -2.52. The maximum atomic E-state index is 12.3. The monoisotopic (exact) mass is 452 g/mol. The third kappa shape index (κ3) is 4.92. The zero-order chi connectivity index (χ0) is 22.9. The van der Waals surface area contributed by atoms with Gasteiger partial charge in [-0.1, -0.05) is 19.8 Å². The van der Waals surface area contributed by atoms with Gasteiger partial charge in [0.15, 0.2) is 0 Å².